The van der Waals surface area contributed by atoms with Crippen LogP contribution in [0.2, 0.25) is 0 Å². The van der Waals surface area contributed by atoms with Gasteiger partial charge in [-0.05, 0) is 38.6 Å². The van der Waals surface area contributed by atoms with Gasteiger partial charge in [-0.3, -0.25) is 10.1 Å². The average molecular weight is 590 g/mol. The molecule has 11 heteroatoms. The Balaban J connectivity index is 0.00000228. The quantitative estimate of drug-likeness (QED) is 0.354. The van der Waals surface area contributed by atoms with Gasteiger partial charge in [-0.15, -0.1) is 48.6 Å². The molecule has 4 rings (SSSR count). The number of benzene rings is 2. The molecule has 0 saturated carbocycles. The molecule has 37 heavy (non-hydrogen) atoms. The molecule has 2 aromatic carbocycles. The van der Waals surface area contributed by atoms with Crippen LogP contribution in [0.4, 0.5) is 5.13 Å². The van der Waals surface area contributed by atoms with Crippen molar-refractivity contribution < 1.29 is 14.3 Å². The lowest BCUT2D eigenvalue weighted by atomic mass is 10.1. The number of nitrogens with one attached hydrogen (secondary N) is 1. The smallest absolute Gasteiger partial charge is 0.257 e. The first-order chi connectivity index (χ1) is 16.6. The molecule has 0 bridgehead atoms. The number of hydrogen-bond donors (Lipinski definition) is 1. The van der Waals surface area contributed by atoms with Crippen molar-refractivity contribution in [1.82, 2.24) is 14.8 Å². The zero-order chi connectivity index (χ0) is 23.9. The molecule has 1 N–H and O–H groups in total. The maximum atomic E-state index is 13.0. The Morgan fingerprint density at radius 3 is 2.19 bits per heavy atom. The summed E-state index contributed by atoms with van der Waals surface area (Å²) in [5, 5.41) is 3.57. The van der Waals surface area contributed by atoms with E-state index < -0.39 is 0 Å². The van der Waals surface area contributed by atoms with Crippen LogP contribution >= 0.6 is 48.6 Å². The molecule has 0 unspecified atom stereocenters. The molecule has 204 valence electrons. The van der Waals surface area contributed by atoms with Crippen LogP contribution in [0.3, 0.4) is 0 Å². The van der Waals surface area contributed by atoms with Crippen LogP contribution in [0.1, 0.15) is 21.7 Å². The summed E-state index contributed by atoms with van der Waals surface area (Å²) in [5.41, 5.74) is 2.48. The van der Waals surface area contributed by atoms with E-state index in [9.17, 15) is 4.79 Å². The number of aryl methyl sites for hydroxylation is 1. The van der Waals surface area contributed by atoms with Gasteiger partial charge in [0.1, 0.15) is 11.5 Å². The Kier molecular flexibility index (Phi) is 14.3. The Morgan fingerprint density at radius 2 is 1.59 bits per heavy atom. The Bertz CT molecular complexity index is 1090. The zero-order valence-electron chi connectivity index (χ0n) is 21.3. The minimum Gasteiger partial charge on any atom is -0.497 e. The van der Waals surface area contributed by atoms with Crippen molar-refractivity contribution in [1.29, 1.82) is 0 Å². The first kappa shape index (κ1) is 33.0. The maximum absolute atomic E-state index is 13.0. The molecule has 0 spiro atoms. The van der Waals surface area contributed by atoms with Crippen molar-refractivity contribution >= 4 is 59.6 Å². The third-order valence-corrected chi connectivity index (χ3v) is 7.08. The number of anilines is 1. The van der Waals surface area contributed by atoms with E-state index in [4.69, 9.17) is 14.5 Å². The van der Waals surface area contributed by atoms with Gasteiger partial charge in [0.15, 0.2) is 5.13 Å². The molecule has 1 aliphatic heterocycles. The molecule has 1 amide bonds. The summed E-state index contributed by atoms with van der Waals surface area (Å²) in [4.78, 5) is 23.9. The largest absolute Gasteiger partial charge is 0.497 e. The molecule has 0 atom stereocenters. The summed E-state index contributed by atoms with van der Waals surface area (Å²) in [6, 6.07) is 15.3. The van der Waals surface area contributed by atoms with Gasteiger partial charge in [-0.1, -0.05) is 30.3 Å². The summed E-state index contributed by atoms with van der Waals surface area (Å²) in [6.45, 7) is 5.57. The fraction of sp³-hybridized carbons (Fsp3) is 0.385. The van der Waals surface area contributed by atoms with Crippen LogP contribution in [-0.2, 0) is 6.42 Å². The highest BCUT2D eigenvalue weighted by Crippen LogP contribution is 2.33. The van der Waals surface area contributed by atoms with Gasteiger partial charge in [0, 0.05) is 48.2 Å². The summed E-state index contributed by atoms with van der Waals surface area (Å²) in [5.74, 6) is 0.894. The number of methoxy groups -OCH3 is 2. The molecular formula is C26H35Cl3N4O3S. The molecule has 1 saturated heterocycles. The van der Waals surface area contributed by atoms with Crippen molar-refractivity contribution in [3.8, 4) is 22.8 Å². The lowest BCUT2D eigenvalue weighted by molar-refractivity contribution is 0.102. The summed E-state index contributed by atoms with van der Waals surface area (Å²) in [7, 11) is 5.31. The number of likely N-dealkylation sites (N-methyl/N-ethyl adjacent to an activating group) is 1. The van der Waals surface area contributed by atoms with Crippen LogP contribution in [0.25, 0.3) is 11.3 Å². The first-order valence-corrected chi connectivity index (χ1v) is 12.4. The third-order valence-electron chi connectivity index (χ3n) is 6.05. The number of rotatable bonds is 9. The number of ether oxygens (including phenoxy) is 2. The normalized spacial score (nSPS) is 13.5. The van der Waals surface area contributed by atoms with E-state index in [0.717, 1.165) is 56.8 Å². The van der Waals surface area contributed by atoms with Crippen LogP contribution in [0, 0.1) is 0 Å². The van der Waals surface area contributed by atoms with Crippen molar-refractivity contribution in [2.75, 3.05) is 59.3 Å². The van der Waals surface area contributed by atoms with Crippen molar-refractivity contribution in [3.05, 3.63) is 59.0 Å². The molecule has 3 aromatic rings. The number of carbonyl (C=O) groups excluding carboxylic acids is 1. The van der Waals surface area contributed by atoms with Crippen molar-refractivity contribution in [2.45, 2.75) is 12.8 Å². The highest BCUT2D eigenvalue weighted by atomic mass is 35.5. The van der Waals surface area contributed by atoms with E-state index in [1.165, 1.54) is 4.88 Å². The highest BCUT2D eigenvalue weighted by molar-refractivity contribution is 7.16. The van der Waals surface area contributed by atoms with E-state index in [-0.39, 0.29) is 43.1 Å². The lowest BCUT2D eigenvalue weighted by Crippen LogP contribution is -2.44. The first-order valence-electron chi connectivity index (χ1n) is 11.6. The van der Waals surface area contributed by atoms with Gasteiger partial charge in [-0.2, -0.15) is 0 Å². The minimum atomic E-state index is -0.241. The Hall–Kier alpha value is -2.07. The topological polar surface area (TPSA) is 66.9 Å². The summed E-state index contributed by atoms with van der Waals surface area (Å²) >= 11 is 1.55. The number of thiazole rings is 1. The van der Waals surface area contributed by atoms with Crippen LogP contribution in [0.15, 0.2) is 48.5 Å². The number of hydrogen-bond acceptors (Lipinski definition) is 7. The van der Waals surface area contributed by atoms with Crippen LogP contribution < -0.4 is 14.8 Å². The number of nitrogens with zero attached hydrogens (tertiary/aromatic N) is 3. The Labute approximate surface area is 241 Å². The van der Waals surface area contributed by atoms with E-state index in [0.29, 0.717) is 22.2 Å². The number of aromatic nitrogens is 1. The SMILES string of the molecule is COc1cc(OC)cc(C(=O)Nc2nc(-c3ccccc3)c(CCCN3CCN(C)CC3)s2)c1.Cl.Cl.Cl. The fourth-order valence-corrected chi connectivity index (χ4v) is 5.06. The molecule has 0 radical (unpaired) electrons. The molecule has 1 fully saturated rings. The van der Waals surface area contributed by atoms with Crippen LogP contribution in [0.5, 0.6) is 11.5 Å². The third kappa shape index (κ3) is 9.02. The van der Waals surface area contributed by atoms with Crippen LogP contribution in [-0.4, -0.2) is 74.7 Å². The molecule has 1 aromatic heterocycles. The summed E-state index contributed by atoms with van der Waals surface area (Å²) < 4.78 is 10.6. The summed E-state index contributed by atoms with van der Waals surface area (Å²) in [6.07, 6.45) is 1.99. The minimum absolute atomic E-state index is 0. The monoisotopic (exact) mass is 588 g/mol. The second-order valence-corrected chi connectivity index (χ2v) is 9.54. The predicted molar refractivity (Wildman–Crippen MR) is 159 cm³/mol. The van der Waals surface area contributed by atoms with Gasteiger partial charge >= 0.3 is 0 Å². The number of amides is 1. The standard InChI is InChI=1S/C26H32N4O3S.3ClH/c1-29-12-14-30(15-13-29)11-7-10-23-24(19-8-5-4-6-9-19)27-26(34-23)28-25(31)20-16-21(32-2)18-22(17-20)33-3;;;/h4-6,8-9,16-18H,7,10-15H2,1-3H3,(H,27,28,31);3*1H. The van der Waals surface area contributed by atoms with Crippen molar-refractivity contribution in [2.24, 2.45) is 0 Å². The molecule has 2 heterocycles. The van der Waals surface area contributed by atoms with E-state index in [1.54, 1.807) is 43.8 Å². The molecular weight excluding hydrogens is 555 g/mol. The maximum Gasteiger partial charge on any atom is 0.257 e. The number of halogens is 3. The van der Waals surface area contributed by atoms with Gasteiger partial charge in [-0.25, -0.2) is 4.98 Å². The zero-order valence-corrected chi connectivity index (χ0v) is 24.5. The van der Waals surface area contributed by atoms with Gasteiger partial charge in [0.2, 0.25) is 0 Å². The van der Waals surface area contributed by atoms with Gasteiger partial charge in [0.25, 0.3) is 5.91 Å². The second kappa shape index (κ2) is 16.0. The van der Waals surface area contributed by atoms with Gasteiger partial charge < -0.3 is 19.3 Å². The van der Waals surface area contributed by atoms with E-state index in [1.807, 2.05) is 18.2 Å². The second-order valence-electron chi connectivity index (χ2n) is 8.46. The predicted octanol–water partition coefficient (Wildman–Crippen LogP) is 5.53. The highest BCUT2D eigenvalue weighted by Gasteiger charge is 2.18. The van der Waals surface area contributed by atoms with E-state index in [2.05, 4.69) is 34.3 Å². The average Bonchev–Trinajstić information content (AvgIpc) is 3.27. The van der Waals surface area contributed by atoms with E-state index >= 15 is 0 Å². The molecule has 1 aliphatic rings. The fourth-order valence-electron chi connectivity index (χ4n) is 4.04. The Morgan fingerprint density at radius 1 is 0.973 bits per heavy atom. The molecule has 7 nitrogen and oxygen atoms in total. The lowest BCUT2D eigenvalue weighted by Gasteiger charge is -2.32. The van der Waals surface area contributed by atoms with Gasteiger partial charge in [0.05, 0.1) is 19.9 Å². The molecule has 0 aliphatic carbocycles. The number of piperazine rings is 1. The number of carbonyl (C=O) groups is 1. The van der Waals surface area contributed by atoms with Crippen molar-refractivity contribution in [3.63, 3.8) is 0 Å².